The Morgan fingerprint density at radius 2 is 1.80 bits per heavy atom. The molecule has 0 heterocycles. The SMILES string of the molecule is CC(C)SCC(N)c1c(F)cccc1F. The number of hydrogen-bond acceptors (Lipinski definition) is 2. The summed E-state index contributed by atoms with van der Waals surface area (Å²) in [6.45, 7) is 4.05. The van der Waals surface area contributed by atoms with Crippen LogP contribution in [0.1, 0.15) is 25.5 Å². The van der Waals surface area contributed by atoms with Gasteiger partial charge in [-0.3, -0.25) is 0 Å². The van der Waals surface area contributed by atoms with E-state index in [2.05, 4.69) is 0 Å². The van der Waals surface area contributed by atoms with Gasteiger partial charge in [-0.05, 0) is 17.4 Å². The van der Waals surface area contributed by atoms with E-state index >= 15 is 0 Å². The first-order valence-electron chi connectivity index (χ1n) is 4.83. The van der Waals surface area contributed by atoms with Gasteiger partial charge in [-0.1, -0.05) is 19.9 Å². The van der Waals surface area contributed by atoms with Crippen molar-refractivity contribution >= 4 is 11.8 Å². The fraction of sp³-hybridized carbons (Fsp3) is 0.455. The number of benzene rings is 1. The van der Waals surface area contributed by atoms with Gasteiger partial charge in [-0.15, -0.1) is 0 Å². The smallest absolute Gasteiger partial charge is 0.130 e. The molecule has 1 rings (SSSR count). The highest BCUT2D eigenvalue weighted by Gasteiger charge is 2.16. The van der Waals surface area contributed by atoms with Crippen molar-refractivity contribution in [3.05, 3.63) is 35.4 Å². The highest BCUT2D eigenvalue weighted by atomic mass is 32.2. The monoisotopic (exact) mass is 231 g/mol. The Bertz CT molecular complexity index is 308. The maximum absolute atomic E-state index is 13.3. The Kier molecular flexibility index (Phi) is 4.54. The molecule has 0 bridgehead atoms. The van der Waals surface area contributed by atoms with Crippen LogP contribution >= 0.6 is 11.8 Å². The Hall–Kier alpha value is -0.610. The predicted molar refractivity (Wildman–Crippen MR) is 60.9 cm³/mol. The number of thioether (sulfide) groups is 1. The first kappa shape index (κ1) is 12.5. The van der Waals surface area contributed by atoms with Crippen molar-refractivity contribution in [2.24, 2.45) is 5.73 Å². The average Bonchev–Trinajstić information content (AvgIpc) is 2.14. The van der Waals surface area contributed by atoms with Crippen molar-refractivity contribution in [3.8, 4) is 0 Å². The average molecular weight is 231 g/mol. The van der Waals surface area contributed by atoms with Crippen molar-refractivity contribution in [1.82, 2.24) is 0 Å². The van der Waals surface area contributed by atoms with Crippen LogP contribution in [0.4, 0.5) is 8.78 Å². The van der Waals surface area contributed by atoms with Crippen molar-refractivity contribution < 1.29 is 8.78 Å². The van der Waals surface area contributed by atoms with Crippen LogP contribution in [0.5, 0.6) is 0 Å². The van der Waals surface area contributed by atoms with Gasteiger partial charge in [0.25, 0.3) is 0 Å². The van der Waals surface area contributed by atoms with Crippen molar-refractivity contribution in [2.75, 3.05) is 5.75 Å². The molecular formula is C11H15F2NS. The zero-order valence-electron chi connectivity index (χ0n) is 8.84. The maximum atomic E-state index is 13.3. The lowest BCUT2D eigenvalue weighted by atomic mass is 10.1. The Morgan fingerprint density at radius 3 is 2.27 bits per heavy atom. The third-order valence-electron chi connectivity index (χ3n) is 1.98. The van der Waals surface area contributed by atoms with Gasteiger partial charge >= 0.3 is 0 Å². The number of rotatable bonds is 4. The second-order valence-electron chi connectivity index (χ2n) is 3.62. The third-order valence-corrected chi connectivity index (χ3v) is 3.20. The Morgan fingerprint density at radius 1 is 1.27 bits per heavy atom. The number of halogens is 2. The van der Waals surface area contributed by atoms with E-state index in [1.807, 2.05) is 13.8 Å². The molecule has 0 spiro atoms. The van der Waals surface area contributed by atoms with E-state index in [0.29, 0.717) is 11.0 Å². The summed E-state index contributed by atoms with van der Waals surface area (Å²) >= 11 is 1.59. The van der Waals surface area contributed by atoms with Crippen molar-refractivity contribution in [1.29, 1.82) is 0 Å². The van der Waals surface area contributed by atoms with Gasteiger partial charge < -0.3 is 5.73 Å². The summed E-state index contributed by atoms with van der Waals surface area (Å²) in [7, 11) is 0. The van der Waals surface area contributed by atoms with Gasteiger partial charge in [0, 0.05) is 17.4 Å². The van der Waals surface area contributed by atoms with Crippen LogP contribution in [-0.4, -0.2) is 11.0 Å². The van der Waals surface area contributed by atoms with Gasteiger partial charge in [0.2, 0.25) is 0 Å². The molecule has 0 aliphatic heterocycles. The van der Waals surface area contributed by atoms with E-state index in [1.165, 1.54) is 18.2 Å². The molecule has 0 saturated heterocycles. The van der Waals surface area contributed by atoms with Gasteiger partial charge in [0.1, 0.15) is 11.6 Å². The molecule has 0 aliphatic rings. The van der Waals surface area contributed by atoms with E-state index in [1.54, 1.807) is 11.8 Å². The summed E-state index contributed by atoms with van der Waals surface area (Å²) in [4.78, 5) is 0. The first-order valence-corrected chi connectivity index (χ1v) is 5.88. The van der Waals surface area contributed by atoms with Crippen LogP contribution in [0.25, 0.3) is 0 Å². The Labute approximate surface area is 93.1 Å². The van der Waals surface area contributed by atoms with Crippen LogP contribution in [0.3, 0.4) is 0 Å². The highest BCUT2D eigenvalue weighted by Crippen LogP contribution is 2.23. The van der Waals surface area contributed by atoms with Gasteiger partial charge in [-0.25, -0.2) is 8.78 Å². The molecule has 4 heteroatoms. The summed E-state index contributed by atoms with van der Waals surface area (Å²) in [5.74, 6) is -0.603. The number of hydrogen-bond donors (Lipinski definition) is 1. The molecule has 1 unspecified atom stereocenters. The molecule has 1 aromatic rings. The van der Waals surface area contributed by atoms with E-state index in [0.717, 1.165) is 0 Å². The molecule has 1 atom stereocenters. The standard InChI is InChI=1S/C11H15F2NS/c1-7(2)15-6-10(14)11-8(12)4-3-5-9(11)13/h3-5,7,10H,6,14H2,1-2H3. The fourth-order valence-electron chi connectivity index (χ4n) is 1.24. The van der Waals surface area contributed by atoms with E-state index in [-0.39, 0.29) is 5.56 Å². The zero-order chi connectivity index (χ0) is 11.4. The number of nitrogens with two attached hydrogens (primary N) is 1. The quantitative estimate of drug-likeness (QED) is 0.861. The van der Waals surface area contributed by atoms with Crippen molar-refractivity contribution in [2.45, 2.75) is 25.1 Å². The van der Waals surface area contributed by atoms with Gasteiger partial charge in [-0.2, -0.15) is 11.8 Å². The van der Waals surface area contributed by atoms with E-state index in [4.69, 9.17) is 5.73 Å². The molecule has 0 saturated carbocycles. The summed E-state index contributed by atoms with van der Waals surface area (Å²) in [6.07, 6.45) is 0. The lowest BCUT2D eigenvalue weighted by Crippen LogP contribution is -2.17. The van der Waals surface area contributed by atoms with Crippen LogP contribution < -0.4 is 5.73 Å². The fourth-order valence-corrected chi connectivity index (χ4v) is 2.00. The molecule has 0 aromatic heterocycles. The highest BCUT2D eigenvalue weighted by molar-refractivity contribution is 7.99. The van der Waals surface area contributed by atoms with E-state index in [9.17, 15) is 8.78 Å². The molecule has 2 N–H and O–H groups in total. The normalized spacial score (nSPS) is 13.2. The van der Waals surface area contributed by atoms with Crippen LogP contribution in [0.2, 0.25) is 0 Å². The topological polar surface area (TPSA) is 26.0 Å². The second kappa shape index (κ2) is 5.47. The Balaban J connectivity index is 2.77. The van der Waals surface area contributed by atoms with Gasteiger partial charge in [0.05, 0.1) is 0 Å². The summed E-state index contributed by atoms with van der Waals surface area (Å²) in [5.41, 5.74) is 5.74. The van der Waals surface area contributed by atoms with Gasteiger partial charge in [0.15, 0.2) is 0 Å². The molecule has 1 aromatic carbocycles. The minimum atomic E-state index is -0.585. The summed E-state index contributed by atoms with van der Waals surface area (Å²) in [5, 5.41) is 0.408. The largest absolute Gasteiger partial charge is 0.323 e. The molecule has 1 nitrogen and oxygen atoms in total. The zero-order valence-corrected chi connectivity index (χ0v) is 9.65. The second-order valence-corrected chi connectivity index (χ2v) is 5.23. The molecule has 84 valence electrons. The molecule has 0 fully saturated rings. The molecule has 0 amide bonds. The third kappa shape index (κ3) is 3.47. The van der Waals surface area contributed by atoms with Crippen molar-refractivity contribution in [3.63, 3.8) is 0 Å². The van der Waals surface area contributed by atoms with Crippen LogP contribution in [-0.2, 0) is 0 Å². The van der Waals surface area contributed by atoms with Crippen LogP contribution in [0.15, 0.2) is 18.2 Å². The first-order chi connectivity index (χ1) is 7.02. The van der Waals surface area contributed by atoms with E-state index < -0.39 is 17.7 Å². The summed E-state index contributed by atoms with van der Waals surface area (Å²) < 4.78 is 26.6. The maximum Gasteiger partial charge on any atom is 0.130 e. The van der Waals surface area contributed by atoms with Crippen LogP contribution in [0, 0.1) is 11.6 Å². The molecule has 0 aliphatic carbocycles. The lowest BCUT2D eigenvalue weighted by molar-refractivity contribution is 0.538. The summed E-state index contributed by atoms with van der Waals surface area (Å²) in [6, 6.07) is 3.23. The molecule has 15 heavy (non-hydrogen) atoms. The lowest BCUT2D eigenvalue weighted by Gasteiger charge is -2.14. The minimum Gasteiger partial charge on any atom is -0.323 e. The molecule has 0 radical (unpaired) electrons. The predicted octanol–water partition coefficient (Wildman–Crippen LogP) is 3.11. The minimum absolute atomic E-state index is 0.00866. The molecular weight excluding hydrogens is 216 g/mol.